The Kier molecular flexibility index (Phi) is 4.68. The van der Waals surface area contributed by atoms with Crippen molar-refractivity contribution in [1.29, 1.82) is 0 Å². The van der Waals surface area contributed by atoms with Crippen molar-refractivity contribution in [3.63, 3.8) is 0 Å². The summed E-state index contributed by atoms with van der Waals surface area (Å²) in [7, 11) is -3.33. The zero-order valence-electron chi connectivity index (χ0n) is 12.7. The first-order chi connectivity index (χ1) is 9.79. The van der Waals surface area contributed by atoms with Gasteiger partial charge in [-0.2, -0.15) is 4.31 Å². The molecule has 0 saturated carbocycles. The molecule has 1 saturated heterocycles. The van der Waals surface area contributed by atoms with Crippen molar-refractivity contribution in [3.8, 4) is 0 Å². The van der Waals surface area contributed by atoms with E-state index >= 15 is 0 Å². The molecule has 6 heteroatoms. The highest BCUT2D eigenvalue weighted by Gasteiger charge is 2.36. The Hall–Kier alpha value is -1.40. The van der Waals surface area contributed by atoms with Gasteiger partial charge in [0, 0.05) is 12.2 Å². The minimum Gasteiger partial charge on any atom is -0.325 e. The van der Waals surface area contributed by atoms with E-state index in [9.17, 15) is 13.2 Å². The summed E-state index contributed by atoms with van der Waals surface area (Å²) in [5.74, 6) is 0.181. The molecule has 0 aliphatic carbocycles. The summed E-state index contributed by atoms with van der Waals surface area (Å²) in [5.41, 5.74) is 1.90. The minimum atomic E-state index is -3.33. The van der Waals surface area contributed by atoms with Crippen LogP contribution in [0.15, 0.2) is 24.3 Å². The van der Waals surface area contributed by atoms with Crippen molar-refractivity contribution in [1.82, 2.24) is 4.31 Å². The average Bonchev–Trinajstić information content (AvgIpc) is 2.88. The number of carbonyl (C=O) groups is 1. The van der Waals surface area contributed by atoms with Crippen LogP contribution in [0.3, 0.4) is 0 Å². The van der Waals surface area contributed by atoms with Gasteiger partial charge in [0.05, 0.1) is 6.26 Å². The third-order valence-corrected chi connectivity index (χ3v) is 5.07. The van der Waals surface area contributed by atoms with E-state index in [1.165, 1.54) is 9.87 Å². The lowest BCUT2D eigenvalue weighted by Crippen LogP contribution is -2.42. The van der Waals surface area contributed by atoms with Gasteiger partial charge in [0.1, 0.15) is 6.04 Å². The highest BCUT2D eigenvalue weighted by Crippen LogP contribution is 2.22. The van der Waals surface area contributed by atoms with Crippen molar-refractivity contribution in [2.75, 3.05) is 18.1 Å². The Morgan fingerprint density at radius 2 is 1.90 bits per heavy atom. The number of rotatable bonds is 4. The van der Waals surface area contributed by atoms with Gasteiger partial charge in [-0.05, 0) is 36.5 Å². The van der Waals surface area contributed by atoms with Crippen LogP contribution in [0.4, 0.5) is 5.69 Å². The molecule has 0 unspecified atom stereocenters. The first-order valence-corrected chi connectivity index (χ1v) is 9.01. The molecule has 1 atom stereocenters. The van der Waals surface area contributed by atoms with Crippen molar-refractivity contribution in [2.24, 2.45) is 0 Å². The zero-order chi connectivity index (χ0) is 15.6. The van der Waals surface area contributed by atoms with Gasteiger partial charge in [-0.15, -0.1) is 0 Å². The van der Waals surface area contributed by atoms with Gasteiger partial charge >= 0.3 is 0 Å². The predicted octanol–water partition coefficient (Wildman–Crippen LogP) is 2.17. The molecule has 2 rings (SSSR count). The SMILES string of the molecule is CC(C)c1ccc(NC(=O)[C@@H]2CCCN2S(C)(=O)=O)cc1. The molecule has 1 aliphatic heterocycles. The Bertz CT molecular complexity index is 608. The van der Waals surface area contributed by atoms with Crippen LogP contribution in [-0.4, -0.2) is 37.5 Å². The van der Waals surface area contributed by atoms with Crippen LogP contribution >= 0.6 is 0 Å². The van der Waals surface area contributed by atoms with E-state index in [0.29, 0.717) is 24.6 Å². The van der Waals surface area contributed by atoms with Gasteiger partial charge in [0.15, 0.2) is 0 Å². The van der Waals surface area contributed by atoms with Crippen LogP contribution < -0.4 is 5.32 Å². The van der Waals surface area contributed by atoms with Gasteiger partial charge in [-0.25, -0.2) is 8.42 Å². The molecule has 1 aliphatic rings. The lowest BCUT2D eigenvalue weighted by atomic mass is 10.0. The third kappa shape index (κ3) is 3.83. The van der Waals surface area contributed by atoms with Gasteiger partial charge in [0.2, 0.25) is 15.9 Å². The van der Waals surface area contributed by atoms with E-state index in [-0.39, 0.29) is 5.91 Å². The van der Waals surface area contributed by atoms with E-state index in [0.717, 1.165) is 12.7 Å². The minimum absolute atomic E-state index is 0.254. The number of hydrogen-bond acceptors (Lipinski definition) is 3. The maximum Gasteiger partial charge on any atom is 0.242 e. The maximum atomic E-state index is 12.3. The Balaban J connectivity index is 2.07. The van der Waals surface area contributed by atoms with Crippen LogP contribution in [0.5, 0.6) is 0 Å². The van der Waals surface area contributed by atoms with Crippen LogP contribution in [0.1, 0.15) is 38.2 Å². The molecule has 1 aromatic carbocycles. The molecule has 1 N–H and O–H groups in total. The summed E-state index contributed by atoms with van der Waals surface area (Å²) < 4.78 is 24.6. The molecule has 1 heterocycles. The van der Waals surface area contributed by atoms with Gasteiger partial charge < -0.3 is 5.32 Å². The summed E-state index contributed by atoms with van der Waals surface area (Å²) in [6.07, 6.45) is 2.44. The van der Waals surface area contributed by atoms with E-state index in [2.05, 4.69) is 19.2 Å². The van der Waals surface area contributed by atoms with E-state index in [1.54, 1.807) is 0 Å². The van der Waals surface area contributed by atoms with Crippen molar-refractivity contribution in [2.45, 2.75) is 38.6 Å². The molecule has 0 aromatic heterocycles. The number of sulfonamides is 1. The maximum absolute atomic E-state index is 12.3. The molecule has 116 valence electrons. The predicted molar refractivity (Wildman–Crippen MR) is 83.7 cm³/mol. The molecule has 0 radical (unpaired) electrons. The monoisotopic (exact) mass is 310 g/mol. The highest BCUT2D eigenvalue weighted by atomic mass is 32.2. The number of hydrogen-bond donors (Lipinski definition) is 1. The summed E-state index contributed by atoms with van der Waals surface area (Å²) in [6, 6.07) is 7.07. The lowest BCUT2D eigenvalue weighted by molar-refractivity contribution is -0.119. The molecule has 0 bridgehead atoms. The van der Waals surface area contributed by atoms with Crippen LogP contribution in [0.25, 0.3) is 0 Å². The number of nitrogens with zero attached hydrogens (tertiary/aromatic N) is 1. The molecule has 1 aromatic rings. The molecular formula is C15H22N2O3S. The van der Waals surface area contributed by atoms with E-state index in [4.69, 9.17) is 0 Å². The number of nitrogens with one attached hydrogen (secondary N) is 1. The highest BCUT2D eigenvalue weighted by molar-refractivity contribution is 7.88. The lowest BCUT2D eigenvalue weighted by Gasteiger charge is -2.21. The van der Waals surface area contributed by atoms with Gasteiger partial charge in [-0.3, -0.25) is 4.79 Å². The van der Waals surface area contributed by atoms with Crippen molar-refractivity contribution < 1.29 is 13.2 Å². The summed E-state index contributed by atoms with van der Waals surface area (Å²) >= 11 is 0. The summed E-state index contributed by atoms with van der Waals surface area (Å²) in [6.45, 7) is 4.63. The second kappa shape index (κ2) is 6.15. The van der Waals surface area contributed by atoms with E-state index < -0.39 is 16.1 Å². The average molecular weight is 310 g/mol. The summed E-state index contributed by atoms with van der Waals surface area (Å²) in [5, 5.41) is 2.81. The van der Waals surface area contributed by atoms with Crippen molar-refractivity contribution >= 4 is 21.6 Å². The molecule has 0 spiro atoms. The van der Waals surface area contributed by atoms with Crippen molar-refractivity contribution in [3.05, 3.63) is 29.8 Å². The fourth-order valence-corrected chi connectivity index (χ4v) is 3.70. The number of anilines is 1. The topological polar surface area (TPSA) is 66.5 Å². The summed E-state index contributed by atoms with van der Waals surface area (Å²) in [4.78, 5) is 12.3. The number of amides is 1. The molecule has 1 amide bonds. The second-order valence-corrected chi connectivity index (χ2v) is 7.73. The largest absolute Gasteiger partial charge is 0.325 e. The normalized spacial score (nSPS) is 19.9. The molecule has 21 heavy (non-hydrogen) atoms. The fourth-order valence-electron chi connectivity index (χ4n) is 2.58. The molecule has 1 fully saturated rings. The third-order valence-electron chi connectivity index (χ3n) is 3.78. The molecule has 5 nitrogen and oxygen atoms in total. The Labute approximate surface area is 126 Å². The number of carbonyl (C=O) groups excluding carboxylic acids is 1. The van der Waals surface area contributed by atoms with Crippen LogP contribution in [0.2, 0.25) is 0 Å². The number of benzene rings is 1. The quantitative estimate of drug-likeness (QED) is 0.927. The smallest absolute Gasteiger partial charge is 0.242 e. The Morgan fingerprint density at radius 1 is 1.29 bits per heavy atom. The van der Waals surface area contributed by atoms with Crippen LogP contribution in [0, 0.1) is 0 Å². The first kappa shape index (κ1) is 16.0. The van der Waals surface area contributed by atoms with E-state index in [1.807, 2.05) is 24.3 Å². The standard InChI is InChI=1S/C15H22N2O3S/c1-11(2)12-6-8-13(9-7-12)16-15(18)14-5-4-10-17(14)21(3,19)20/h6-9,11,14H,4-5,10H2,1-3H3,(H,16,18)/t14-/m0/s1. The Morgan fingerprint density at radius 3 is 2.43 bits per heavy atom. The fraction of sp³-hybridized carbons (Fsp3) is 0.533. The molecular weight excluding hydrogens is 288 g/mol. The van der Waals surface area contributed by atoms with Crippen LogP contribution in [-0.2, 0) is 14.8 Å². The zero-order valence-corrected chi connectivity index (χ0v) is 13.5. The second-order valence-electron chi connectivity index (χ2n) is 5.80. The van der Waals surface area contributed by atoms with Gasteiger partial charge in [0.25, 0.3) is 0 Å². The first-order valence-electron chi connectivity index (χ1n) is 7.16. The van der Waals surface area contributed by atoms with Gasteiger partial charge in [-0.1, -0.05) is 26.0 Å².